The van der Waals surface area contributed by atoms with Crippen LogP contribution < -0.4 is 10.2 Å². The zero-order valence-corrected chi connectivity index (χ0v) is 13.4. The number of amides is 1. The molecule has 0 aliphatic carbocycles. The van der Waals surface area contributed by atoms with Gasteiger partial charge in [0.25, 0.3) is 11.6 Å². The molecule has 0 saturated heterocycles. The van der Waals surface area contributed by atoms with Crippen LogP contribution in [0.1, 0.15) is 12.5 Å². The van der Waals surface area contributed by atoms with Gasteiger partial charge < -0.3 is 4.74 Å². The van der Waals surface area contributed by atoms with E-state index in [2.05, 4.69) is 10.5 Å². The predicted octanol–water partition coefficient (Wildman–Crippen LogP) is 3.17. The highest BCUT2D eigenvalue weighted by molar-refractivity contribution is 6.30. The topological polar surface area (TPSA) is 93.8 Å². The number of rotatable bonds is 6. The summed E-state index contributed by atoms with van der Waals surface area (Å²) in [7, 11) is 0. The van der Waals surface area contributed by atoms with E-state index in [4.69, 9.17) is 16.3 Å². The van der Waals surface area contributed by atoms with Gasteiger partial charge in [-0.15, -0.1) is 0 Å². The quantitative estimate of drug-likeness (QED) is 0.493. The number of hydrogen-bond donors (Lipinski definition) is 1. The van der Waals surface area contributed by atoms with Crippen molar-refractivity contribution in [2.75, 3.05) is 0 Å². The van der Waals surface area contributed by atoms with E-state index in [9.17, 15) is 14.9 Å². The molecule has 1 N–H and O–H groups in total. The van der Waals surface area contributed by atoms with E-state index in [0.717, 1.165) is 0 Å². The third kappa shape index (κ3) is 5.06. The van der Waals surface area contributed by atoms with Crippen molar-refractivity contribution in [3.05, 3.63) is 69.2 Å². The van der Waals surface area contributed by atoms with Gasteiger partial charge in [-0.25, -0.2) is 5.43 Å². The lowest BCUT2D eigenvalue weighted by Gasteiger charge is -2.12. The second-order valence-corrected chi connectivity index (χ2v) is 5.24. The second kappa shape index (κ2) is 8.07. The van der Waals surface area contributed by atoms with Gasteiger partial charge >= 0.3 is 0 Å². The van der Waals surface area contributed by atoms with Gasteiger partial charge in [0.1, 0.15) is 5.75 Å². The standard InChI is InChI=1S/C16H14ClN3O4/c1-11(24-15-7-3-5-13(17)9-15)16(21)19-18-10-12-4-2-6-14(8-12)20(22)23/h2-11H,1H3,(H,19,21)/b18-10-/t11-/m0/s1. The van der Waals surface area contributed by atoms with Crippen LogP contribution in [0.5, 0.6) is 5.75 Å². The molecule has 0 aliphatic rings. The number of ether oxygens (including phenoxy) is 1. The zero-order chi connectivity index (χ0) is 17.5. The Labute approximate surface area is 143 Å². The molecule has 0 spiro atoms. The van der Waals surface area contributed by atoms with E-state index in [1.54, 1.807) is 37.3 Å². The van der Waals surface area contributed by atoms with E-state index in [0.29, 0.717) is 16.3 Å². The number of carbonyl (C=O) groups is 1. The van der Waals surface area contributed by atoms with Crippen molar-refractivity contribution >= 4 is 29.4 Å². The van der Waals surface area contributed by atoms with Crippen LogP contribution in [-0.2, 0) is 4.79 Å². The van der Waals surface area contributed by atoms with E-state index in [1.807, 2.05) is 0 Å². The third-order valence-corrected chi connectivity index (χ3v) is 3.18. The number of hydrazone groups is 1. The summed E-state index contributed by atoms with van der Waals surface area (Å²) < 4.78 is 5.45. The molecular formula is C16H14ClN3O4. The van der Waals surface area contributed by atoms with Crippen molar-refractivity contribution in [3.63, 3.8) is 0 Å². The average Bonchev–Trinajstić information content (AvgIpc) is 2.55. The molecule has 1 atom stereocenters. The number of benzene rings is 2. The average molecular weight is 348 g/mol. The summed E-state index contributed by atoms with van der Waals surface area (Å²) >= 11 is 5.84. The first-order chi connectivity index (χ1) is 11.5. The fourth-order valence-corrected chi connectivity index (χ4v) is 1.96. The van der Waals surface area contributed by atoms with Crippen LogP contribution in [0.4, 0.5) is 5.69 Å². The Morgan fingerprint density at radius 2 is 2.08 bits per heavy atom. The lowest BCUT2D eigenvalue weighted by Crippen LogP contribution is -2.33. The van der Waals surface area contributed by atoms with Gasteiger partial charge in [0.15, 0.2) is 6.10 Å². The number of hydrogen-bond acceptors (Lipinski definition) is 5. The maximum absolute atomic E-state index is 11.9. The number of halogens is 1. The van der Waals surface area contributed by atoms with Gasteiger partial charge in [0.05, 0.1) is 11.1 Å². The minimum Gasteiger partial charge on any atom is -0.481 e. The Morgan fingerprint density at radius 3 is 2.79 bits per heavy atom. The highest BCUT2D eigenvalue weighted by atomic mass is 35.5. The molecule has 8 heteroatoms. The Hall–Kier alpha value is -2.93. The van der Waals surface area contributed by atoms with Gasteiger partial charge in [0, 0.05) is 22.7 Å². The Balaban J connectivity index is 1.92. The molecule has 0 aliphatic heterocycles. The minimum absolute atomic E-state index is 0.0528. The van der Waals surface area contributed by atoms with Crippen molar-refractivity contribution in [2.45, 2.75) is 13.0 Å². The van der Waals surface area contributed by atoms with Gasteiger partial charge in [0.2, 0.25) is 0 Å². The highest BCUT2D eigenvalue weighted by Gasteiger charge is 2.14. The summed E-state index contributed by atoms with van der Waals surface area (Å²) in [4.78, 5) is 22.1. The first-order valence-electron chi connectivity index (χ1n) is 6.95. The monoisotopic (exact) mass is 347 g/mol. The fourth-order valence-electron chi connectivity index (χ4n) is 1.78. The molecule has 2 aromatic carbocycles. The number of non-ortho nitro benzene ring substituents is 1. The SMILES string of the molecule is C[C@H](Oc1cccc(Cl)c1)C(=O)N/N=C\c1cccc([N+](=O)[O-])c1. The molecule has 24 heavy (non-hydrogen) atoms. The zero-order valence-electron chi connectivity index (χ0n) is 12.7. The van der Waals surface area contributed by atoms with Crippen LogP contribution in [0.2, 0.25) is 5.02 Å². The summed E-state index contributed by atoms with van der Waals surface area (Å²) in [5, 5.41) is 15.0. The Bertz CT molecular complexity index is 779. The Morgan fingerprint density at radius 1 is 1.33 bits per heavy atom. The van der Waals surface area contributed by atoms with Crippen LogP contribution in [-0.4, -0.2) is 23.1 Å². The molecule has 1 amide bonds. The van der Waals surface area contributed by atoms with E-state index >= 15 is 0 Å². The lowest BCUT2D eigenvalue weighted by atomic mass is 10.2. The number of nitrogens with one attached hydrogen (secondary N) is 1. The van der Waals surface area contributed by atoms with Gasteiger partial charge in [-0.1, -0.05) is 29.8 Å². The van der Waals surface area contributed by atoms with Gasteiger partial charge in [-0.2, -0.15) is 5.10 Å². The molecule has 0 bridgehead atoms. The summed E-state index contributed by atoms with van der Waals surface area (Å²) in [6.07, 6.45) is 0.530. The molecule has 124 valence electrons. The number of carbonyl (C=O) groups excluding carboxylic acids is 1. The maximum Gasteiger partial charge on any atom is 0.280 e. The molecule has 7 nitrogen and oxygen atoms in total. The summed E-state index contributed by atoms with van der Waals surface area (Å²) in [5.41, 5.74) is 2.76. The lowest BCUT2D eigenvalue weighted by molar-refractivity contribution is -0.384. The summed E-state index contributed by atoms with van der Waals surface area (Å²) in [5.74, 6) is 0.00414. The highest BCUT2D eigenvalue weighted by Crippen LogP contribution is 2.18. The molecule has 0 fully saturated rings. The summed E-state index contributed by atoms with van der Waals surface area (Å²) in [6, 6.07) is 12.6. The number of nitro benzene ring substituents is 1. The van der Waals surface area contributed by atoms with Crippen LogP contribution in [0, 0.1) is 10.1 Å². The molecule has 2 rings (SSSR count). The molecule has 0 heterocycles. The maximum atomic E-state index is 11.9. The van der Waals surface area contributed by atoms with Gasteiger partial charge in [-0.05, 0) is 25.1 Å². The molecule has 0 aromatic heterocycles. The second-order valence-electron chi connectivity index (χ2n) is 4.80. The normalized spacial score (nSPS) is 11.9. The van der Waals surface area contributed by atoms with E-state index < -0.39 is 16.9 Å². The Kier molecular flexibility index (Phi) is 5.86. The third-order valence-electron chi connectivity index (χ3n) is 2.95. The number of nitrogens with zero attached hydrogens (tertiary/aromatic N) is 2. The number of nitro groups is 1. The van der Waals surface area contributed by atoms with Crippen LogP contribution in [0.25, 0.3) is 0 Å². The molecule has 0 radical (unpaired) electrons. The molecule has 0 saturated carbocycles. The van der Waals surface area contributed by atoms with Gasteiger partial charge in [-0.3, -0.25) is 14.9 Å². The van der Waals surface area contributed by atoms with Crippen LogP contribution in [0.3, 0.4) is 0 Å². The molecule has 2 aromatic rings. The van der Waals surface area contributed by atoms with Crippen molar-refractivity contribution in [1.29, 1.82) is 0 Å². The van der Waals surface area contributed by atoms with Crippen molar-refractivity contribution in [2.24, 2.45) is 5.10 Å². The fraction of sp³-hybridized carbons (Fsp3) is 0.125. The minimum atomic E-state index is -0.786. The van der Waals surface area contributed by atoms with Crippen molar-refractivity contribution < 1.29 is 14.5 Å². The summed E-state index contributed by atoms with van der Waals surface area (Å²) in [6.45, 7) is 1.57. The van der Waals surface area contributed by atoms with E-state index in [-0.39, 0.29) is 5.69 Å². The van der Waals surface area contributed by atoms with E-state index in [1.165, 1.54) is 24.4 Å². The largest absolute Gasteiger partial charge is 0.481 e. The smallest absolute Gasteiger partial charge is 0.280 e. The van der Waals surface area contributed by atoms with Crippen molar-refractivity contribution in [1.82, 2.24) is 5.43 Å². The molecular weight excluding hydrogens is 334 g/mol. The first kappa shape index (κ1) is 17.4. The van der Waals surface area contributed by atoms with Crippen LogP contribution in [0.15, 0.2) is 53.6 Å². The first-order valence-corrected chi connectivity index (χ1v) is 7.33. The predicted molar refractivity (Wildman–Crippen MR) is 90.4 cm³/mol. The van der Waals surface area contributed by atoms with Crippen molar-refractivity contribution in [3.8, 4) is 5.75 Å². The van der Waals surface area contributed by atoms with Crippen LogP contribution >= 0.6 is 11.6 Å². The molecule has 0 unspecified atom stereocenters.